The van der Waals surface area contributed by atoms with Gasteiger partial charge in [0.15, 0.2) is 0 Å². The van der Waals surface area contributed by atoms with E-state index in [9.17, 15) is 10.2 Å². The molecule has 1 heterocycles. The quantitative estimate of drug-likeness (QED) is 0.322. The Bertz CT molecular complexity index is 711. The first kappa shape index (κ1) is 24.1. The Hall–Kier alpha value is -2.52. The summed E-state index contributed by atoms with van der Waals surface area (Å²) < 4.78 is 21.6. The van der Waals surface area contributed by atoms with Crippen molar-refractivity contribution in [1.82, 2.24) is 0 Å². The molecule has 1 aliphatic rings. The smallest absolute Gasteiger partial charge is 0.137 e. The van der Waals surface area contributed by atoms with Gasteiger partial charge in [-0.15, -0.1) is 0 Å². The Balaban J connectivity index is 1.29. The van der Waals surface area contributed by atoms with Crippen LogP contribution in [-0.4, -0.2) is 89.1 Å². The lowest BCUT2D eigenvalue weighted by atomic mass is 10.2. The zero-order valence-corrected chi connectivity index (χ0v) is 19.0. The molecule has 8 nitrogen and oxygen atoms in total. The average molecular weight is 449 g/mol. The van der Waals surface area contributed by atoms with Crippen molar-refractivity contribution in [2.24, 2.45) is 0 Å². The van der Waals surface area contributed by atoms with Crippen LogP contribution in [-0.2, 0) is 0 Å². The van der Waals surface area contributed by atoms with E-state index in [1.807, 2.05) is 48.5 Å². The Kier molecular flexibility index (Phi) is 9.43. The number of ether oxygens (including phenoxy) is 4. The summed E-state index contributed by atoms with van der Waals surface area (Å²) in [5.41, 5.74) is 0. The molecule has 2 aromatic rings. The summed E-state index contributed by atoms with van der Waals surface area (Å²) in [7, 11) is 3.25. The third-order valence-electron chi connectivity index (χ3n) is 5.72. The van der Waals surface area contributed by atoms with E-state index in [4.69, 9.17) is 18.9 Å². The van der Waals surface area contributed by atoms with Crippen LogP contribution < -0.4 is 28.7 Å². The maximum Gasteiger partial charge on any atom is 0.137 e. The van der Waals surface area contributed by atoms with E-state index in [2.05, 4.69) is 0 Å². The molecule has 0 aromatic heterocycles. The molecule has 4 N–H and O–H groups in total. The van der Waals surface area contributed by atoms with Crippen molar-refractivity contribution in [1.29, 1.82) is 0 Å². The molecule has 0 spiro atoms. The van der Waals surface area contributed by atoms with Gasteiger partial charge in [-0.3, -0.25) is 0 Å². The van der Waals surface area contributed by atoms with E-state index >= 15 is 0 Å². The monoisotopic (exact) mass is 448 g/mol. The number of nitrogens with one attached hydrogen (secondary N) is 2. The van der Waals surface area contributed by atoms with Gasteiger partial charge in [-0.2, -0.15) is 0 Å². The van der Waals surface area contributed by atoms with E-state index in [1.54, 1.807) is 14.2 Å². The highest BCUT2D eigenvalue weighted by Gasteiger charge is 2.26. The molecule has 1 aliphatic heterocycles. The van der Waals surface area contributed by atoms with Gasteiger partial charge in [0, 0.05) is 0 Å². The first-order valence-electron chi connectivity index (χ1n) is 11.1. The number of aliphatic hydroxyl groups excluding tert-OH is 2. The van der Waals surface area contributed by atoms with Crippen LogP contribution in [0.25, 0.3) is 0 Å². The van der Waals surface area contributed by atoms with Crippen LogP contribution in [0.2, 0.25) is 0 Å². The van der Waals surface area contributed by atoms with Crippen LogP contribution in [0.1, 0.15) is 0 Å². The van der Waals surface area contributed by atoms with Gasteiger partial charge in [-0.05, 0) is 48.5 Å². The van der Waals surface area contributed by atoms with Gasteiger partial charge < -0.3 is 39.0 Å². The summed E-state index contributed by atoms with van der Waals surface area (Å²) in [6.07, 6.45) is -1.03. The predicted molar refractivity (Wildman–Crippen MR) is 120 cm³/mol. The van der Waals surface area contributed by atoms with Crippen LogP contribution in [0.4, 0.5) is 0 Å². The van der Waals surface area contributed by atoms with Crippen molar-refractivity contribution >= 4 is 0 Å². The number of piperazine rings is 1. The van der Waals surface area contributed by atoms with Crippen molar-refractivity contribution in [2.75, 3.05) is 66.7 Å². The van der Waals surface area contributed by atoms with Gasteiger partial charge in [-0.25, -0.2) is 0 Å². The van der Waals surface area contributed by atoms with Crippen LogP contribution in [0.5, 0.6) is 23.0 Å². The number of methoxy groups -OCH3 is 2. The highest BCUT2D eigenvalue weighted by atomic mass is 16.5. The summed E-state index contributed by atoms with van der Waals surface area (Å²) in [6, 6.07) is 14.7. The molecule has 1 saturated heterocycles. The second-order valence-electron chi connectivity index (χ2n) is 8.19. The zero-order chi connectivity index (χ0) is 22.8. The Labute approximate surface area is 189 Å². The van der Waals surface area contributed by atoms with Gasteiger partial charge in [0.25, 0.3) is 0 Å². The highest BCUT2D eigenvalue weighted by molar-refractivity contribution is 5.31. The summed E-state index contributed by atoms with van der Waals surface area (Å²) in [6.45, 7) is 5.70. The molecule has 0 unspecified atom stereocenters. The number of aliphatic hydroxyl groups is 2. The number of rotatable bonds is 12. The molecule has 3 rings (SSSR count). The van der Waals surface area contributed by atoms with Crippen molar-refractivity contribution in [3.63, 3.8) is 0 Å². The third-order valence-corrected chi connectivity index (χ3v) is 5.72. The topological polar surface area (TPSA) is 86.3 Å². The van der Waals surface area contributed by atoms with Gasteiger partial charge in [0.2, 0.25) is 0 Å². The molecule has 0 radical (unpaired) electrons. The van der Waals surface area contributed by atoms with Gasteiger partial charge >= 0.3 is 0 Å². The molecule has 32 heavy (non-hydrogen) atoms. The lowest BCUT2D eigenvalue weighted by Crippen LogP contribution is -3.29. The largest absolute Gasteiger partial charge is 0.497 e. The summed E-state index contributed by atoms with van der Waals surface area (Å²) >= 11 is 0. The summed E-state index contributed by atoms with van der Waals surface area (Å²) in [4.78, 5) is 2.73. The van der Waals surface area contributed by atoms with Gasteiger partial charge in [0.1, 0.15) is 87.7 Å². The summed E-state index contributed by atoms with van der Waals surface area (Å²) in [5, 5.41) is 20.7. The van der Waals surface area contributed by atoms with E-state index < -0.39 is 12.2 Å². The highest BCUT2D eigenvalue weighted by Crippen LogP contribution is 2.17. The first-order chi connectivity index (χ1) is 15.6. The van der Waals surface area contributed by atoms with Crippen LogP contribution in [0, 0.1) is 0 Å². The van der Waals surface area contributed by atoms with Crippen molar-refractivity contribution in [3.05, 3.63) is 48.5 Å². The van der Waals surface area contributed by atoms with Gasteiger partial charge in [-0.1, -0.05) is 0 Å². The van der Waals surface area contributed by atoms with E-state index in [-0.39, 0.29) is 13.2 Å². The van der Waals surface area contributed by atoms with Crippen molar-refractivity contribution < 1.29 is 39.0 Å². The molecular formula is C24H36N2O6+2. The maximum absolute atomic E-state index is 10.3. The fraction of sp³-hybridized carbons (Fsp3) is 0.500. The Morgan fingerprint density at radius 3 is 1.25 bits per heavy atom. The standard InChI is InChI=1S/C24H34N2O6/c1-29-21-3-7-23(8-4-21)31-17-19(27)15-25-11-13-26(14-12-25)16-20(28)18-32-24-9-5-22(30-2)6-10-24/h3-10,19-20,27-28H,11-18H2,1-2H3/p+2/t19-,20-/m0/s1. The minimum atomic E-state index is -0.517. The van der Waals surface area contributed by atoms with Crippen molar-refractivity contribution in [3.8, 4) is 23.0 Å². The van der Waals surface area contributed by atoms with E-state index in [1.165, 1.54) is 9.80 Å². The van der Waals surface area contributed by atoms with Crippen LogP contribution >= 0.6 is 0 Å². The molecule has 0 bridgehead atoms. The van der Waals surface area contributed by atoms with E-state index in [0.717, 1.165) is 49.2 Å². The molecule has 2 atom stereocenters. The molecular weight excluding hydrogens is 412 g/mol. The molecule has 176 valence electrons. The fourth-order valence-electron chi connectivity index (χ4n) is 3.88. The first-order valence-corrected chi connectivity index (χ1v) is 11.1. The average Bonchev–Trinajstić information content (AvgIpc) is 2.83. The molecule has 2 aromatic carbocycles. The molecule has 0 aliphatic carbocycles. The number of benzene rings is 2. The molecule has 1 fully saturated rings. The summed E-state index contributed by atoms with van der Waals surface area (Å²) in [5.74, 6) is 3.00. The van der Waals surface area contributed by atoms with Crippen LogP contribution in [0.15, 0.2) is 48.5 Å². The second kappa shape index (κ2) is 12.5. The lowest BCUT2D eigenvalue weighted by Gasteiger charge is -2.31. The predicted octanol–water partition coefficient (Wildman–Crippen LogP) is -1.33. The van der Waals surface area contributed by atoms with Gasteiger partial charge in [0.05, 0.1) is 14.2 Å². The maximum atomic E-state index is 10.3. The number of hydrogen-bond donors (Lipinski definition) is 4. The lowest BCUT2D eigenvalue weighted by molar-refractivity contribution is -1.01. The minimum Gasteiger partial charge on any atom is -0.497 e. The molecule has 0 saturated carbocycles. The Morgan fingerprint density at radius 1 is 0.625 bits per heavy atom. The van der Waals surface area contributed by atoms with Crippen molar-refractivity contribution in [2.45, 2.75) is 12.2 Å². The second-order valence-corrected chi connectivity index (χ2v) is 8.19. The minimum absolute atomic E-state index is 0.272. The fourth-order valence-corrected chi connectivity index (χ4v) is 3.88. The molecule has 8 heteroatoms. The normalized spacial score (nSPS) is 20.2. The zero-order valence-electron chi connectivity index (χ0n) is 19.0. The van der Waals surface area contributed by atoms with Crippen LogP contribution in [0.3, 0.4) is 0 Å². The SMILES string of the molecule is COc1ccc(OC[C@@H](O)C[NH+]2CC[NH+](C[C@H](O)COc3ccc(OC)cc3)CC2)cc1. The number of hydrogen-bond acceptors (Lipinski definition) is 6. The number of quaternary nitrogens is 2. The third kappa shape index (κ3) is 7.87. The molecule has 0 amide bonds. The Morgan fingerprint density at radius 2 is 0.938 bits per heavy atom. The van der Waals surface area contributed by atoms with E-state index in [0.29, 0.717) is 13.1 Å².